The van der Waals surface area contributed by atoms with E-state index in [4.69, 9.17) is 0 Å². The van der Waals surface area contributed by atoms with Crippen molar-refractivity contribution in [1.29, 1.82) is 0 Å². The fourth-order valence-electron chi connectivity index (χ4n) is 3.54. The third-order valence-electron chi connectivity index (χ3n) is 5.52. The van der Waals surface area contributed by atoms with Gasteiger partial charge >= 0.3 is 0 Å². The normalized spacial score (nSPS) is 17.0. The van der Waals surface area contributed by atoms with Crippen LogP contribution < -0.4 is 15.8 Å². The molecule has 31 heavy (non-hydrogen) atoms. The average Bonchev–Trinajstić information content (AvgIpc) is 3.27. The summed E-state index contributed by atoms with van der Waals surface area (Å²) in [7, 11) is 4.13. The van der Waals surface area contributed by atoms with Gasteiger partial charge in [-0.1, -0.05) is 33.1 Å². The molecular formula is C20H36N8O3. The highest BCUT2D eigenvalue weighted by Gasteiger charge is 2.27. The fourth-order valence-corrected chi connectivity index (χ4v) is 3.54. The lowest BCUT2D eigenvalue weighted by atomic mass is 10.0. The van der Waals surface area contributed by atoms with Gasteiger partial charge in [0.1, 0.15) is 5.82 Å². The molecule has 1 saturated heterocycles. The molecule has 0 aromatic carbocycles. The smallest absolute Gasteiger partial charge is 0.246 e. The first-order chi connectivity index (χ1) is 14.9. The summed E-state index contributed by atoms with van der Waals surface area (Å²) in [5.74, 6) is 0.630. The summed E-state index contributed by atoms with van der Waals surface area (Å²) in [6.45, 7) is 5.67. The van der Waals surface area contributed by atoms with Gasteiger partial charge in [-0.3, -0.25) is 25.6 Å². The van der Waals surface area contributed by atoms with E-state index in [1.54, 1.807) is 0 Å². The van der Waals surface area contributed by atoms with Crippen LogP contribution in [0.1, 0.15) is 51.8 Å². The summed E-state index contributed by atoms with van der Waals surface area (Å²) in [6.07, 6.45) is 5.37. The zero-order chi connectivity index (χ0) is 22.8. The zero-order valence-electron chi connectivity index (χ0n) is 19.0. The average molecular weight is 437 g/mol. The van der Waals surface area contributed by atoms with Crippen LogP contribution in [-0.2, 0) is 16.0 Å². The van der Waals surface area contributed by atoms with Crippen LogP contribution in [0.5, 0.6) is 0 Å². The maximum absolute atomic E-state index is 12.7. The van der Waals surface area contributed by atoms with E-state index in [0.29, 0.717) is 42.1 Å². The van der Waals surface area contributed by atoms with Gasteiger partial charge in [0.15, 0.2) is 0 Å². The lowest BCUT2D eigenvalue weighted by Gasteiger charge is -2.21. The van der Waals surface area contributed by atoms with E-state index in [2.05, 4.69) is 56.6 Å². The quantitative estimate of drug-likeness (QED) is 0.180. The summed E-state index contributed by atoms with van der Waals surface area (Å²) in [4.78, 5) is 41.1. The number of hydroxylamine groups is 2. The number of anilines is 2. The first-order valence-electron chi connectivity index (χ1n) is 11.0. The number of carbonyl (C=O) groups excluding carboxylic acids is 2. The van der Waals surface area contributed by atoms with Crippen molar-refractivity contribution < 1.29 is 14.8 Å². The molecule has 11 heteroatoms. The molecule has 3 N–H and O–H groups in total. The number of nitrogens with zero attached hydrogens (tertiary/aromatic N) is 6. The van der Waals surface area contributed by atoms with Crippen LogP contribution in [0.4, 0.5) is 11.9 Å². The minimum Gasteiger partial charge on any atom is -0.339 e. The molecule has 1 aromatic heterocycles. The molecule has 2 amide bonds. The minimum absolute atomic E-state index is 0.0664. The van der Waals surface area contributed by atoms with Gasteiger partial charge in [-0.2, -0.15) is 15.0 Å². The number of nitrogens with one attached hydrogen (secondary N) is 2. The van der Waals surface area contributed by atoms with Gasteiger partial charge in [-0.05, 0) is 26.9 Å². The van der Waals surface area contributed by atoms with Gasteiger partial charge in [0.25, 0.3) is 0 Å². The number of likely N-dealkylation sites (N-methyl/N-ethyl adjacent to an activating group) is 1. The van der Waals surface area contributed by atoms with Crippen LogP contribution in [0, 0.1) is 5.92 Å². The van der Waals surface area contributed by atoms with E-state index < -0.39 is 5.92 Å². The van der Waals surface area contributed by atoms with E-state index in [1.807, 2.05) is 6.92 Å². The van der Waals surface area contributed by atoms with Crippen molar-refractivity contribution >= 4 is 24.2 Å². The predicted molar refractivity (Wildman–Crippen MR) is 117 cm³/mol. The van der Waals surface area contributed by atoms with Crippen LogP contribution in [-0.4, -0.2) is 82.2 Å². The number of hydrogen-bond acceptors (Lipinski definition) is 9. The Morgan fingerprint density at radius 3 is 2.68 bits per heavy atom. The molecule has 2 heterocycles. The second-order valence-electron chi connectivity index (χ2n) is 8.12. The highest BCUT2D eigenvalue weighted by atomic mass is 16.5. The molecule has 2 unspecified atom stereocenters. The molecule has 2 rings (SSSR count). The van der Waals surface area contributed by atoms with Gasteiger partial charge in [-0.25, -0.2) is 5.06 Å². The Hall–Kier alpha value is -2.53. The van der Waals surface area contributed by atoms with Crippen LogP contribution in [0.25, 0.3) is 0 Å². The standard InChI is InChI=1S/C20H36N8O3/c1-5-7-8-9-15(12-28(31)14-29)18(30)24-25-19-21-17(6-2)22-20(23-19)27-11-10-16(13-27)26(3)4/h14-16,31H,5-13H2,1-4H3,(H,24,30)(H,21,22,23,25). The molecule has 11 nitrogen and oxygen atoms in total. The molecule has 0 bridgehead atoms. The second kappa shape index (κ2) is 12.4. The molecule has 1 aliphatic rings. The number of amides is 2. The van der Waals surface area contributed by atoms with Gasteiger partial charge in [0.2, 0.25) is 24.2 Å². The summed E-state index contributed by atoms with van der Waals surface area (Å²) < 4.78 is 0. The fraction of sp³-hybridized carbons (Fsp3) is 0.750. The van der Waals surface area contributed by atoms with Crippen molar-refractivity contribution in [2.45, 2.75) is 58.4 Å². The van der Waals surface area contributed by atoms with Crippen molar-refractivity contribution in [3.8, 4) is 0 Å². The molecule has 0 aliphatic carbocycles. The van der Waals surface area contributed by atoms with Crippen molar-refractivity contribution in [2.75, 3.05) is 44.1 Å². The Morgan fingerprint density at radius 2 is 2.06 bits per heavy atom. The monoisotopic (exact) mass is 436 g/mol. The van der Waals surface area contributed by atoms with Crippen LogP contribution >= 0.6 is 0 Å². The molecule has 2 atom stereocenters. The maximum atomic E-state index is 12.7. The Labute approximate surface area is 184 Å². The maximum Gasteiger partial charge on any atom is 0.246 e. The summed E-state index contributed by atoms with van der Waals surface area (Å²) >= 11 is 0. The second-order valence-corrected chi connectivity index (χ2v) is 8.12. The van der Waals surface area contributed by atoms with Gasteiger partial charge in [0.05, 0.1) is 12.5 Å². The van der Waals surface area contributed by atoms with Crippen molar-refractivity contribution in [3.63, 3.8) is 0 Å². The van der Waals surface area contributed by atoms with E-state index in [1.165, 1.54) is 0 Å². The number of rotatable bonds is 13. The van der Waals surface area contributed by atoms with Crippen LogP contribution in [0.15, 0.2) is 0 Å². The summed E-state index contributed by atoms with van der Waals surface area (Å²) in [5, 5.41) is 10.0. The number of unbranched alkanes of at least 4 members (excludes halogenated alkanes) is 2. The molecule has 0 radical (unpaired) electrons. The summed E-state index contributed by atoms with van der Waals surface area (Å²) in [6, 6.07) is 0.445. The Bertz CT molecular complexity index is 718. The SMILES string of the molecule is CCCCCC(CN(O)C=O)C(=O)NNc1nc(CC)nc(N2CCC(N(C)C)C2)n1. The minimum atomic E-state index is -0.541. The van der Waals surface area contributed by atoms with Crippen molar-refractivity contribution in [2.24, 2.45) is 5.92 Å². The highest BCUT2D eigenvalue weighted by molar-refractivity contribution is 5.80. The van der Waals surface area contributed by atoms with Crippen molar-refractivity contribution in [1.82, 2.24) is 30.3 Å². The molecule has 1 fully saturated rings. The van der Waals surface area contributed by atoms with Crippen LogP contribution in [0.3, 0.4) is 0 Å². The predicted octanol–water partition coefficient (Wildman–Crippen LogP) is 1.06. The zero-order valence-corrected chi connectivity index (χ0v) is 19.0. The number of hydrogen-bond donors (Lipinski definition) is 3. The molecule has 0 spiro atoms. The molecule has 0 saturated carbocycles. The van der Waals surface area contributed by atoms with E-state index in [0.717, 1.165) is 38.8 Å². The van der Waals surface area contributed by atoms with Gasteiger partial charge < -0.3 is 9.80 Å². The third-order valence-corrected chi connectivity index (χ3v) is 5.52. The molecule has 1 aliphatic heterocycles. The van der Waals surface area contributed by atoms with Crippen molar-refractivity contribution in [3.05, 3.63) is 5.82 Å². The van der Waals surface area contributed by atoms with Gasteiger partial charge in [0, 0.05) is 25.6 Å². The highest BCUT2D eigenvalue weighted by Crippen LogP contribution is 2.20. The molecular weight excluding hydrogens is 400 g/mol. The number of aromatic nitrogens is 3. The van der Waals surface area contributed by atoms with E-state index in [9.17, 15) is 14.8 Å². The number of carbonyl (C=O) groups is 2. The lowest BCUT2D eigenvalue weighted by molar-refractivity contribution is -0.154. The van der Waals surface area contributed by atoms with E-state index in [-0.39, 0.29) is 18.4 Å². The molecule has 1 aromatic rings. The van der Waals surface area contributed by atoms with Gasteiger partial charge in [-0.15, -0.1) is 0 Å². The first kappa shape index (κ1) is 24.7. The molecule has 174 valence electrons. The topological polar surface area (TPSA) is 127 Å². The van der Waals surface area contributed by atoms with E-state index >= 15 is 0 Å². The Kier molecular flexibility index (Phi) is 9.86. The number of aryl methyl sites for hydroxylation is 1. The first-order valence-corrected chi connectivity index (χ1v) is 11.0. The largest absolute Gasteiger partial charge is 0.339 e. The summed E-state index contributed by atoms with van der Waals surface area (Å²) in [5.41, 5.74) is 5.42. The third kappa shape index (κ3) is 7.59. The van der Waals surface area contributed by atoms with Crippen LogP contribution in [0.2, 0.25) is 0 Å². The lowest BCUT2D eigenvalue weighted by Crippen LogP contribution is -2.40. The number of hydrazine groups is 1. The Morgan fingerprint density at radius 1 is 1.29 bits per heavy atom. The Balaban J connectivity index is 2.04.